The molecule has 0 atom stereocenters. The van der Waals surface area contributed by atoms with Gasteiger partial charge in [0.2, 0.25) is 5.95 Å². The van der Waals surface area contributed by atoms with E-state index < -0.39 is 0 Å². The highest BCUT2D eigenvalue weighted by molar-refractivity contribution is 5.90. The zero-order chi connectivity index (χ0) is 24.5. The molecule has 6 rings (SSSR count). The Balaban J connectivity index is 1.35. The molecule has 0 spiro atoms. The van der Waals surface area contributed by atoms with E-state index in [0.717, 1.165) is 60.1 Å². The van der Waals surface area contributed by atoms with Crippen molar-refractivity contribution in [1.82, 2.24) is 19.7 Å². The lowest BCUT2D eigenvalue weighted by atomic mass is 10.2. The van der Waals surface area contributed by atoms with E-state index in [0.29, 0.717) is 5.95 Å². The maximum Gasteiger partial charge on any atom is 0.229 e. The number of anilines is 4. The first-order valence-corrected chi connectivity index (χ1v) is 12.0. The number of nitrogens with one attached hydrogen (secondary N) is 1. The van der Waals surface area contributed by atoms with E-state index in [9.17, 15) is 4.39 Å². The van der Waals surface area contributed by atoms with Crippen molar-refractivity contribution >= 4 is 34.2 Å². The minimum Gasteiger partial charge on any atom is -0.368 e. The van der Waals surface area contributed by atoms with Crippen molar-refractivity contribution in [2.75, 3.05) is 41.3 Å². The number of piperazine rings is 1. The first-order chi connectivity index (χ1) is 17.6. The largest absolute Gasteiger partial charge is 0.368 e. The number of nitrogens with zero attached hydrogens (tertiary/aromatic N) is 6. The van der Waals surface area contributed by atoms with Gasteiger partial charge in [0.05, 0.1) is 17.3 Å². The van der Waals surface area contributed by atoms with Gasteiger partial charge in [-0.3, -0.25) is 0 Å². The Kier molecular flexibility index (Phi) is 5.69. The molecule has 36 heavy (non-hydrogen) atoms. The van der Waals surface area contributed by atoms with Gasteiger partial charge >= 0.3 is 0 Å². The van der Waals surface area contributed by atoms with Crippen LogP contribution in [0.4, 0.5) is 27.5 Å². The van der Waals surface area contributed by atoms with E-state index in [1.54, 1.807) is 0 Å². The molecule has 0 saturated carbocycles. The molecule has 1 fully saturated rings. The highest BCUT2D eigenvalue weighted by atomic mass is 19.1. The number of halogens is 1. The summed E-state index contributed by atoms with van der Waals surface area (Å²) < 4.78 is 15.2. The number of hydrogen-bond donors (Lipinski definition) is 1. The molecule has 0 amide bonds. The molecule has 0 aliphatic carbocycles. The molecule has 1 N–H and O–H groups in total. The monoisotopic (exact) mass is 479 g/mol. The van der Waals surface area contributed by atoms with Crippen LogP contribution in [0.15, 0.2) is 85.1 Å². The maximum atomic E-state index is 13.4. The van der Waals surface area contributed by atoms with Gasteiger partial charge < -0.3 is 15.1 Å². The van der Waals surface area contributed by atoms with Gasteiger partial charge in [-0.2, -0.15) is 15.1 Å². The molecule has 0 radical (unpaired) electrons. The fourth-order valence-electron chi connectivity index (χ4n) is 4.48. The highest BCUT2D eigenvalue weighted by Crippen LogP contribution is 2.29. The van der Waals surface area contributed by atoms with Crippen molar-refractivity contribution in [2.45, 2.75) is 6.92 Å². The summed E-state index contributed by atoms with van der Waals surface area (Å²) in [4.78, 5) is 14.4. The third-order valence-electron chi connectivity index (χ3n) is 6.49. The average Bonchev–Trinajstić information content (AvgIpc) is 3.35. The van der Waals surface area contributed by atoms with Crippen LogP contribution in [0.1, 0.15) is 5.56 Å². The van der Waals surface area contributed by atoms with Gasteiger partial charge in [-0.15, -0.1) is 0 Å². The number of benzene rings is 3. The molecule has 2 aromatic heterocycles. The van der Waals surface area contributed by atoms with Crippen molar-refractivity contribution < 1.29 is 4.39 Å². The Bertz CT molecular complexity index is 1470. The molecular formula is C28H26FN7. The first-order valence-electron chi connectivity index (χ1n) is 12.0. The molecule has 3 heterocycles. The lowest BCUT2D eigenvalue weighted by molar-refractivity contribution is 0.623. The minimum atomic E-state index is -0.220. The molecule has 5 aromatic rings. The van der Waals surface area contributed by atoms with Gasteiger partial charge in [-0.1, -0.05) is 35.9 Å². The van der Waals surface area contributed by atoms with E-state index in [1.165, 1.54) is 17.7 Å². The second kappa shape index (κ2) is 9.30. The Morgan fingerprint density at radius 2 is 1.44 bits per heavy atom. The van der Waals surface area contributed by atoms with Gasteiger partial charge in [0.25, 0.3) is 0 Å². The van der Waals surface area contributed by atoms with Crippen molar-refractivity contribution in [2.24, 2.45) is 0 Å². The van der Waals surface area contributed by atoms with Crippen LogP contribution < -0.4 is 15.1 Å². The third-order valence-corrected chi connectivity index (χ3v) is 6.49. The summed E-state index contributed by atoms with van der Waals surface area (Å²) in [7, 11) is 0. The van der Waals surface area contributed by atoms with Crippen LogP contribution in [-0.2, 0) is 0 Å². The van der Waals surface area contributed by atoms with Crippen molar-refractivity contribution in [3.8, 4) is 5.69 Å². The number of para-hydroxylation sites is 1. The predicted molar refractivity (Wildman–Crippen MR) is 142 cm³/mol. The average molecular weight is 480 g/mol. The topological polar surface area (TPSA) is 62.1 Å². The predicted octanol–water partition coefficient (Wildman–Crippen LogP) is 5.33. The number of aryl methyl sites for hydroxylation is 1. The fraction of sp³-hybridized carbons (Fsp3) is 0.179. The Labute approximate surface area is 208 Å². The lowest BCUT2D eigenvalue weighted by Crippen LogP contribution is -2.47. The van der Waals surface area contributed by atoms with Crippen molar-refractivity contribution in [3.63, 3.8) is 0 Å². The lowest BCUT2D eigenvalue weighted by Gasteiger charge is -2.36. The van der Waals surface area contributed by atoms with E-state index in [-0.39, 0.29) is 5.82 Å². The molecule has 0 bridgehead atoms. The summed E-state index contributed by atoms with van der Waals surface area (Å²) in [5.41, 5.74) is 4.88. The second-order valence-electron chi connectivity index (χ2n) is 8.94. The van der Waals surface area contributed by atoms with Gasteiger partial charge in [0, 0.05) is 37.6 Å². The summed E-state index contributed by atoms with van der Waals surface area (Å²) in [6.07, 6.45) is 1.81. The first kappa shape index (κ1) is 22.0. The molecule has 1 aliphatic heterocycles. The van der Waals surface area contributed by atoms with Crippen LogP contribution >= 0.6 is 0 Å². The van der Waals surface area contributed by atoms with E-state index in [2.05, 4.69) is 39.3 Å². The van der Waals surface area contributed by atoms with Crippen LogP contribution in [0, 0.1) is 12.7 Å². The fourth-order valence-corrected chi connectivity index (χ4v) is 4.48. The second-order valence-corrected chi connectivity index (χ2v) is 8.94. The SMILES string of the molecule is Cc1ccc(Nc2nc(N3CCN(c4ccc(F)cc4)CC3)nc3c2cnn3-c2ccccc2)cc1. The van der Waals surface area contributed by atoms with Crippen LogP contribution in [0.2, 0.25) is 0 Å². The molecule has 0 unspecified atom stereocenters. The minimum absolute atomic E-state index is 0.220. The summed E-state index contributed by atoms with van der Waals surface area (Å²) >= 11 is 0. The molecule has 1 aliphatic rings. The van der Waals surface area contributed by atoms with E-state index in [1.807, 2.05) is 65.5 Å². The summed E-state index contributed by atoms with van der Waals surface area (Å²) in [5, 5.41) is 8.98. The zero-order valence-corrected chi connectivity index (χ0v) is 20.0. The van der Waals surface area contributed by atoms with Crippen molar-refractivity contribution in [1.29, 1.82) is 0 Å². The third kappa shape index (κ3) is 4.33. The summed E-state index contributed by atoms with van der Waals surface area (Å²) in [6.45, 7) is 5.18. The quantitative estimate of drug-likeness (QED) is 0.368. The molecule has 180 valence electrons. The van der Waals surface area contributed by atoms with Crippen LogP contribution in [0.25, 0.3) is 16.7 Å². The Morgan fingerprint density at radius 1 is 0.750 bits per heavy atom. The molecular weight excluding hydrogens is 453 g/mol. The van der Waals surface area contributed by atoms with Crippen LogP contribution in [-0.4, -0.2) is 45.9 Å². The van der Waals surface area contributed by atoms with E-state index >= 15 is 0 Å². The number of fused-ring (bicyclic) bond motifs is 1. The summed E-state index contributed by atoms with van der Waals surface area (Å²) in [5.74, 6) is 1.17. The smallest absolute Gasteiger partial charge is 0.229 e. The Hall–Kier alpha value is -4.46. The molecule has 8 heteroatoms. The number of aromatic nitrogens is 4. The van der Waals surface area contributed by atoms with Gasteiger partial charge in [-0.25, -0.2) is 9.07 Å². The molecule has 3 aromatic carbocycles. The van der Waals surface area contributed by atoms with Crippen molar-refractivity contribution in [3.05, 3.63) is 96.4 Å². The zero-order valence-electron chi connectivity index (χ0n) is 20.0. The number of hydrogen-bond acceptors (Lipinski definition) is 6. The number of rotatable bonds is 5. The molecule has 1 saturated heterocycles. The van der Waals surface area contributed by atoms with Gasteiger partial charge in [0.1, 0.15) is 11.6 Å². The highest BCUT2D eigenvalue weighted by Gasteiger charge is 2.22. The molecule has 7 nitrogen and oxygen atoms in total. The van der Waals surface area contributed by atoms with Gasteiger partial charge in [0.15, 0.2) is 5.65 Å². The normalized spacial score (nSPS) is 13.8. The van der Waals surface area contributed by atoms with E-state index in [4.69, 9.17) is 9.97 Å². The Morgan fingerprint density at radius 3 is 2.17 bits per heavy atom. The van der Waals surface area contributed by atoms with Crippen LogP contribution in [0.3, 0.4) is 0 Å². The maximum absolute atomic E-state index is 13.4. The van der Waals surface area contributed by atoms with Gasteiger partial charge in [-0.05, 0) is 55.5 Å². The summed E-state index contributed by atoms with van der Waals surface area (Å²) in [6, 6.07) is 24.9. The van der Waals surface area contributed by atoms with Crippen LogP contribution in [0.5, 0.6) is 0 Å². The standard InChI is InChI=1S/C28H26FN7/c1-20-7-11-22(12-8-20)31-26-25-19-30-36(24-5-3-2-4-6-24)27(25)33-28(32-26)35-17-15-34(16-18-35)23-13-9-21(29)10-14-23/h2-14,19H,15-18H2,1H3,(H,31,32,33).